The van der Waals surface area contributed by atoms with Crippen LogP contribution < -0.4 is 10.0 Å². The molecule has 0 saturated carbocycles. The standard InChI is InChI=1S/C7H10ClFN4O2S/c1-16(14,15)12-3-2-10-6-5(9)4-11-7(8)13-6/h4,12H,2-3H2,1H3,(H,10,11,13). The summed E-state index contributed by atoms with van der Waals surface area (Å²) in [5, 5.41) is 2.51. The van der Waals surface area contributed by atoms with E-state index in [4.69, 9.17) is 11.6 Å². The van der Waals surface area contributed by atoms with Gasteiger partial charge in [0.25, 0.3) is 0 Å². The lowest BCUT2D eigenvalue weighted by Gasteiger charge is -2.06. The van der Waals surface area contributed by atoms with Gasteiger partial charge in [-0.1, -0.05) is 0 Å². The van der Waals surface area contributed by atoms with Gasteiger partial charge in [0.1, 0.15) is 0 Å². The van der Waals surface area contributed by atoms with E-state index in [0.29, 0.717) is 0 Å². The molecule has 16 heavy (non-hydrogen) atoms. The van der Waals surface area contributed by atoms with Crippen LogP contribution in [0.3, 0.4) is 0 Å². The van der Waals surface area contributed by atoms with E-state index >= 15 is 0 Å². The van der Waals surface area contributed by atoms with Gasteiger partial charge in [-0.05, 0) is 11.6 Å². The van der Waals surface area contributed by atoms with Crippen molar-refractivity contribution in [2.24, 2.45) is 0 Å². The number of nitrogens with zero attached hydrogens (tertiary/aromatic N) is 2. The number of hydrogen-bond acceptors (Lipinski definition) is 5. The number of nitrogens with one attached hydrogen (secondary N) is 2. The molecular weight excluding hydrogens is 259 g/mol. The zero-order chi connectivity index (χ0) is 12.2. The van der Waals surface area contributed by atoms with Gasteiger partial charge in [-0.15, -0.1) is 0 Å². The number of hydrogen-bond donors (Lipinski definition) is 2. The van der Waals surface area contributed by atoms with Crippen molar-refractivity contribution in [3.05, 3.63) is 17.3 Å². The molecule has 0 atom stereocenters. The van der Waals surface area contributed by atoms with Gasteiger partial charge < -0.3 is 5.32 Å². The van der Waals surface area contributed by atoms with E-state index < -0.39 is 15.8 Å². The Kier molecular flexibility index (Phi) is 4.39. The summed E-state index contributed by atoms with van der Waals surface area (Å²) >= 11 is 5.46. The highest BCUT2D eigenvalue weighted by Gasteiger charge is 2.05. The Morgan fingerprint density at radius 3 is 2.81 bits per heavy atom. The minimum atomic E-state index is -3.24. The van der Waals surface area contributed by atoms with Gasteiger partial charge in [0.2, 0.25) is 15.3 Å². The zero-order valence-corrected chi connectivity index (χ0v) is 9.94. The molecule has 0 saturated heterocycles. The lowest BCUT2D eigenvalue weighted by atomic mass is 10.5. The highest BCUT2D eigenvalue weighted by Crippen LogP contribution is 2.10. The highest BCUT2D eigenvalue weighted by atomic mass is 35.5. The van der Waals surface area contributed by atoms with Gasteiger partial charge in [0.15, 0.2) is 11.6 Å². The maximum Gasteiger partial charge on any atom is 0.224 e. The molecule has 9 heteroatoms. The smallest absolute Gasteiger partial charge is 0.224 e. The molecule has 90 valence electrons. The van der Waals surface area contributed by atoms with E-state index in [-0.39, 0.29) is 24.2 Å². The Balaban J connectivity index is 2.46. The summed E-state index contributed by atoms with van der Waals surface area (Å²) in [6.45, 7) is 0.317. The summed E-state index contributed by atoms with van der Waals surface area (Å²) in [5.41, 5.74) is 0. The van der Waals surface area contributed by atoms with Crippen LogP contribution in [0.25, 0.3) is 0 Å². The molecule has 0 aromatic carbocycles. The molecule has 0 aliphatic heterocycles. The second kappa shape index (κ2) is 5.37. The molecule has 0 aliphatic carbocycles. The van der Waals surface area contributed by atoms with E-state index in [0.717, 1.165) is 12.5 Å². The average Bonchev–Trinajstić information content (AvgIpc) is 2.16. The van der Waals surface area contributed by atoms with E-state index in [1.807, 2.05) is 0 Å². The lowest BCUT2D eigenvalue weighted by Crippen LogP contribution is -2.28. The molecule has 0 fully saturated rings. The SMILES string of the molecule is CS(=O)(=O)NCCNc1nc(Cl)ncc1F. The summed E-state index contributed by atoms with van der Waals surface area (Å²) < 4.78 is 36.7. The molecule has 1 aromatic rings. The van der Waals surface area contributed by atoms with Crippen molar-refractivity contribution in [3.8, 4) is 0 Å². The van der Waals surface area contributed by atoms with Crippen molar-refractivity contribution in [1.82, 2.24) is 14.7 Å². The highest BCUT2D eigenvalue weighted by molar-refractivity contribution is 7.88. The van der Waals surface area contributed by atoms with Crippen LogP contribution in [-0.4, -0.2) is 37.7 Å². The van der Waals surface area contributed by atoms with E-state index in [2.05, 4.69) is 20.0 Å². The maximum absolute atomic E-state index is 13.0. The van der Waals surface area contributed by atoms with Gasteiger partial charge in [-0.25, -0.2) is 22.5 Å². The van der Waals surface area contributed by atoms with Crippen molar-refractivity contribution in [2.75, 3.05) is 24.7 Å². The molecule has 6 nitrogen and oxygen atoms in total. The second-order valence-electron chi connectivity index (χ2n) is 2.93. The van der Waals surface area contributed by atoms with Gasteiger partial charge in [-0.2, -0.15) is 4.98 Å². The van der Waals surface area contributed by atoms with Crippen molar-refractivity contribution in [1.29, 1.82) is 0 Å². The summed E-state index contributed by atoms with van der Waals surface area (Å²) in [6.07, 6.45) is 1.97. The largest absolute Gasteiger partial charge is 0.366 e. The van der Waals surface area contributed by atoms with Gasteiger partial charge in [0, 0.05) is 13.1 Å². The molecule has 0 bridgehead atoms. The Morgan fingerprint density at radius 2 is 2.19 bits per heavy atom. The molecule has 0 aliphatic rings. The fraction of sp³-hybridized carbons (Fsp3) is 0.429. The molecule has 0 radical (unpaired) electrons. The molecule has 1 aromatic heterocycles. The summed E-state index contributed by atoms with van der Waals surface area (Å²) in [4.78, 5) is 7.03. The summed E-state index contributed by atoms with van der Waals surface area (Å²) in [7, 11) is -3.24. The summed E-state index contributed by atoms with van der Waals surface area (Å²) in [5.74, 6) is -0.709. The van der Waals surface area contributed by atoms with Gasteiger partial charge in [0.05, 0.1) is 12.5 Å². The van der Waals surface area contributed by atoms with E-state index in [1.54, 1.807) is 0 Å². The first-order valence-corrected chi connectivity index (χ1v) is 6.52. The number of rotatable bonds is 5. The second-order valence-corrected chi connectivity index (χ2v) is 5.10. The zero-order valence-electron chi connectivity index (χ0n) is 8.37. The molecule has 1 heterocycles. The van der Waals surface area contributed by atoms with Gasteiger partial charge >= 0.3 is 0 Å². The van der Waals surface area contributed by atoms with Crippen molar-refractivity contribution < 1.29 is 12.8 Å². The van der Waals surface area contributed by atoms with E-state index in [9.17, 15) is 12.8 Å². The predicted octanol–water partition coefficient (Wildman–Crippen LogP) is 0.230. The van der Waals surface area contributed by atoms with Crippen LogP contribution in [0.1, 0.15) is 0 Å². The lowest BCUT2D eigenvalue weighted by molar-refractivity contribution is 0.588. The maximum atomic E-state index is 13.0. The molecule has 0 unspecified atom stereocenters. The normalized spacial score (nSPS) is 11.4. The number of sulfonamides is 1. The van der Waals surface area contributed by atoms with Crippen LogP contribution in [-0.2, 0) is 10.0 Å². The molecule has 2 N–H and O–H groups in total. The fourth-order valence-electron chi connectivity index (χ4n) is 0.887. The number of halogens is 2. The Morgan fingerprint density at radius 1 is 1.50 bits per heavy atom. The van der Waals surface area contributed by atoms with Crippen LogP contribution in [0.5, 0.6) is 0 Å². The first-order chi connectivity index (χ1) is 7.38. The monoisotopic (exact) mass is 268 g/mol. The summed E-state index contributed by atoms with van der Waals surface area (Å²) in [6, 6.07) is 0. The van der Waals surface area contributed by atoms with Crippen LogP contribution in [0.2, 0.25) is 5.28 Å². The topological polar surface area (TPSA) is 84.0 Å². The van der Waals surface area contributed by atoms with Crippen molar-refractivity contribution in [3.63, 3.8) is 0 Å². The molecule has 0 amide bonds. The van der Waals surface area contributed by atoms with E-state index in [1.165, 1.54) is 0 Å². The fourth-order valence-corrected chi connectivity index (χ4v) is 1.49. The Labute approximate surface area is 97.3 Å². The number of anilines is 1. The van der Waals surface area contributed by atoms with Crippen molar-refractivity contribution in [2.45, 2.75) is 0 Å². The van der Waals surface area contributed by atoms with Crippen LogP contribution >= 0.6 is 11.6 Å². The minimum absolute atomic E-state index is 0.0599. The van der Waals surface area contributed by atoms with Crippen molar-refractivity contribution >= 4 is 27.4 Å². The first-order valence-electron chi connectivity index (χ1n) is 4.25. The van der Waals surface area contributed by atoms with Gasteiger partial charge in [-0.3, -0.25) is 0 Å². The average molecular weight is 269 g/mol. The minimum Gasteiger partial charge on any atom is -0.366 e. The van der Waals surface area contributed by atoms with Crippen LogP contribution in [0.15, 0.2) is 6.20 Å². The van der Waals surface area contributed by atoms with Crippen LogP contribution in [0, 0.1) is 5.82 Å². The molecular formula is C7H10ClFN4O2S. The third-order valence-corrected chi connectivity index (χ3v) is 2.41. The first kappa shape index (κ1) is 13.1. The Hall–Kier alpha value is -0.990. The molecule has 1 rings (SSSR count). The predicted molar refractivity (Wildman–Crippen MR) is 58.3 cm³/mol. The Bertz CT molecular complexity index is 467. The molecule has 0 spiro atoms. The third kappa shape index (κ3) is 4.69. The quantitative estimate of drug-likeness (QED) is 0.590. The van der Waals surface area contributed by atoms with Crippen LogP contribution in [0.4, 0.5) is 10.2 Å². The number of aromatic nitrogens is 2. The third-order valence-electron chi connectivity index (χ3n) is 1.50.